The van der Waals surface area contributed by atoms with Crippen molar-refractivity contribution in [3.63, 3.8) is 0 Å². The van der Waals surface area contributed by atoms with Crippen LogP contribution in [0.3, 0.4) is 0 Å². The maximum absolute atomic E-state index is 15.3. The molecule has 4 aromatic rings. The molecule has 2 saturated heterocycles. The van der Waals surface area contributed by atoms with E-state index < -0.39 is 40.6 Å². The van der Waals surface area contributed by atoms with Crippen molar-refractivity contribution < 1.29 is 23.9 Å². The summed E-state index contributed by atoms with van der Waals surface area (Å²) >= 11 is 0. The first-order chi connectivity index (χ1) is 21.5. The van der Waals surface area contributed by atoms with Crippen LogP contribution in [-0.4, -0.2) is 76.5 Å². The van der Waals surface area contributed by atoms with E-state index in [1.165, 1.54) is 14.2 Å². The fraction of sp³-hybridized carbons (Fsp3) is 0.294. The number of nitrogens with zero attached hydrogens (tertiary/aromatic N) is 5. The first kappa shape index (κ1) is 29.1. The maximum Gasteiger partial charge on any atom is 0.341 e. The third-order valence-electron chi connectivity index (χ3n) is 8.74. The third-order valence-corrected chi connectivity index (χ3v) is 8.74. The molecule has 3 aromatic heterocycles. The number of carbonyl (C=O) groups is 3. The second kappa shape index (κ2) is 12.0. The zero-order valence-corrected chi connectivity index (χ0v) is 24.6. The Hall–Kier alpha value is -4.96. The average molecular weight is 592 g/mol. The predicted octanol–water partition coefficient (Wildman–Crippen LogP) is 3.24. The van der Waals surface area contributed by atoms with Gasteiger partial charge in [-0.3, -0.25) is 24.5 Å². The van der Waals surface area contributed by atoms with E-state index in [1.54, 1.807) is 41.7 Å². The first-order valence-electron chi connectivity index (χ1n) is 14.4. The van der Waals surface area contributed by atoms with Crippen molar-refractivity contribution in [2.75, 3.05) is 32.2 Å². The number of hydrogen-bond donors (Lipinski definition) is 0. The quantitative estimate of drug-likeness (QED) is 0.223. The number of fused-ring (bicyclic) bond motifs is 2. The number of aromatic nitrogens is 3. The normalized spacial score (nSPS) is 24.9. The molecular weight excluding hydrogens is 558 g/mol. The number of ketones is 1. The predicted molar refractivity (Wildman–Crippen MR) is 161 cm³/mol. The van der Waals surface area contributed by atoms with Crippen LogP contribution in [0.25, 0.3) is 0 Å². The molecule has 10 nitrogen and oxygen atoms in total. The highest BCUT2D eigenvalue weighted by molar-refractivity contribution is 6.22. The summed E-state index contributed by atoms with van der Waals surface area (Å²) in [6.45, 7) is 0.223. The van der Waals surface area contributed by atoms with Gasteiger partial charge in [0, 0.05) is 55.9 Å². The molecule has 5 heterocycles. The van der Waals surface area contributed by atoms with Gasteiger partial charge in [-0.1, -0.05) is 48.5 Å². The van der Waals surface area contributed by atoms with Gasteiger partial charge < -0.3 is 14.4 Å². The van der Waals surface area contributed by atoms with E-state index in [1.807, 2.05) is 71.6 Å². The van der Waals surface area contributed by atoms with Gasteiger partial charge >= 0.3 is 11.9 Å². The fourth-order valence-electron chi connectivity index (χ4n) is 7.09. The molecule has 224 valence electrons. The minimum Gasteiger partial charge on any atom is -0.468 e. The van der Waals surface area contributed by atoms with Crippen LogP contribution in [0.15, 0.2) is 104 Å². The van der Waals surface area contributed by atoms with Crippen LogP contribution in [0.5, 0.6) is 0 Å². The average Bonchev–Trinajstić information content (AvgIpc) is 3.07. The SMILES string of the molecule is COC(=O)C12CN(Cc3ccccn3)CC(C(=O)OC)(C1=O)N(c1ccccn1)C(Cc1ccccc1)C2c1ccccn1. The van der Waals surface area contributed by atoms with Crippen molar-refractivity contribution in [1.82, 2.24) is 19.9 Å². The van der Waals surface area contributed by atoms with Gasteiger partial charge in [-0.15, -0.1) is 0 Å². The minimum atomic E-state index is -1.94. The van der Waals surface area contributed by atoms with E-state index >= 15 is 4.79 Å². The lowest BCUT2D eigenvalue weighted by Crippen LogP contribution is -2.83. The lowest BCUT2D eigenvalue weighted by Gasteiger charge is -2.62. The van der Waals surface area contributed by atoms with Gasteiger partial charge in [0.25, 0.3) is 0 Å². The van der Waals surface area contributed by atoms with E-state index in [-0.39, 0.29) is 19.6 Å². The number of anilines is 1. The van der Waals surface area contributed by atoms with Crippen LogP contribution in [-0.2, 0) is 36.8 Å². The second-order valence-corrected chi connectivity index (χ2v) is 11.2. The Morgan fingerprint density at radius 1 is 0.795 bits per heavy atom. The Morgan fingerprint density at radius 2 is 1.45 bits per heavy atom. The zero-order chi connectivity index (χ0) is 30.7. The Morgan fingerprint density at radius 3 is 2.07 bits per heavy atom. The number of rotatable bonds is 8. The molecule has 2 aliphatic rings. The molecule has 10 heteroatoms. The number of ether oxygens (including phenoxy) is 2. The molecule has 0 spiro atoms. The molecule has 4 unspecified atom stereocenters. The van der Waals surface area contributed by atoms with Crippen molar-refractivity contribution in [2.24, 2.45) is 5.41 Å². The standard InChI is InChI=1S/C34H33N5O5/c1-43-31(41)33-22-38(21-25-14-6-9-17-35-25)23-34(30(33)40,32(42)44-2)39(28-16-8-11-19-37-28)27(20-24-12-4-3-5-13-24)29(33)26-15-7-10-18-36-26/h3-19,27,29H,20-23H2,1-2H3. The molecule has 44 heavy (non-hydrogen) atoms. The van der Waals surface area contributed by atoms with Crippen LogP contribution in [0, 0.1) is 5.41 Å². The molecule has 2 bridgehead atoms. The Labute approximate surface area is 255 Å². The zero-order valence-electron chi connectivity index (χ0n) is 24.6. The summed E-state index contributed by atoms with van der Waals surface area (Å²) in [6.07, 6.45) is 5.33. The number of methoxy groups -OCH3 is 2. The summed E-state index contributed by atoms with van der Waals surface area (Å²) in [5.41, 5.74) is -1.53. The number of likely N-dealkylation sites (tertiary alicyclic amines) is 1. The number of piperidine rings is 2. The highest BCUT2D eigenvalue weighted by Gasteiger charge is 2.75. The minimum absolute atomic E-state index is 0.00356. The molecule has 0 aliphatic carbocycles. The summed E-state index contributed by atoms with van der Waals surface area (Å²) < 4.78 is 10.9. The maximum atomic E-state index is 15.3. The van der Waals surface area contributed by atoms with Gasteiger partial charge in [0.1, 0.15) is 5.82 Å². The first-order valence-corrected chi connectivity index (χ1v) is 14.4. The van der Waals surface area contributed by atoms with Crippen molar-refractivity contribution in [3.8, 4) is 0 Å². The highest BCUT2D eigenvalue weighted by atomic mass is 16.5. The van der Waals surface area contributed by atoms with Gasteiger partial charge in [-0.05, 0) is 48.4 Å². The van der Waals surface area contributed by atoms with Crippen LogP contribution in [0.2, 0.25) is 0 Å². The molecule has 2 aliphatic heterocycles. The van der Waals surface area contributed by atoms with Crippen LogP contribution in [0.4, 0.5) is 5.82 Å². The van der Waals surface area contributed by atoms with E-state index in [9.17, 15) is 9.59 Å². The van der Waals surface area contributed by atoms with Crippen LogP contribution < -0.4 is 4.90 Å². The molecule has 1 aromatic carbocycles. The van der Waals surface area contributed by atoms with Gasteiger partial charge in [0.15, 0.2) is 11.2 Å². The molecule has 0 radical (unpaired) electrons. The van der Waals surface area contributed by atoms with E-state index in [0.29, 0.717) is 17.9 Å². The van der Waals surface area contributed by atoms with Crippen LogP contribution in [0.1, 0.15) is 22.9 Å². The van der Waals surface area contributed by atoms with E-state index in [0.717, 1.165) is 11.3 Å². The topological polar surface area (TPSA) is 115 Å². The lowest BCUT2D eigenvalue weighted by molar-refractivity contribution is -0.178. The fourth-order valence-corrected chi connectivity index (χ4v) is 7.09. The molecule has 2 fully saturated rings. The number of Topliss-reactive ketones (excluding diaryl/α,β-unsaturated/α-hetero) is 1. The molecule has 6 rings (SSSR count). The number of hydrogen-bond acceptors (Lipinski definition) is 10. The summed E-state index contributed by atoms with van der Waals surface area (Å²) in [6, 6.07) is 25.5. The van der Waals surface area contributed by atoms with E-state index in [4.69, 9.17) is 14.5 Å². The molecule has 0 N–H and O–H groups in total. The van der Waals surface area contributed by atoms with Crippen molar-refractivity contribution in [3.05, 3.63) is 120 Å². The van der Waals surface area contributed by atoms with Gasteiger partial charge in [-0.2, -0.15) is 0 Å². The largest absolute Gasteiger partial charge is 0.468 e. The van der Waals surface area contributed by atoms with Crippen molar-refractivity contribution in [2.45, 2.75) is 30.5 Å². The number of esters is 2. The molecular formula is C34H33N5O5. The monoisotopic (exact) mass is 591 g/mol. The summed E-state index contributed by atoms with van der Waals surface area (Å²) in [4.78, 5) is 61.4. The lowest BCUT2D eigenvalue weighted by atomic mass is 9.55. The van der Waals surface area contributed by atoms with Crippen LogP contribution >= 0.6 is 0 Å². The summed E-state index contributed by atoms with van der Waals surface area (Å²) in [5, 5.41) is 0. The van der Waals surface area contributed by atoms with Gasteiger partial charge in [0.05, 0.1) is 19.9 Å². The number of pyridine rings is 3. The molecule has 4 atom stereocenters. The van der Waals surface area contributed by atoms with Gasteiger partial charge in [-0.25, -0.2) is 9.78 Å². The number of benzene rings is 1. The summed E-state index contributed by atoms with van der Waals surface area (Å²) in [7, 11) is 2.53. The Bertz CT molecular complexity index is 1550. The summed E-state index contributed by atoms with van der Waals surface area (Å²) in [5.74, 6) is -2.51. The molecule has 0 saturated carbocycles. The second-order valence-electron chi connectivity index (χ2n) is 11.2. The van der Waals surface area contributed by atoms with E-state index in [2.05, 4.69) is 9.97 Å². The van der Waals surface area contributed by atoms with Gasteiger partial charge in [0.2, 0.25) is 5.54 Å². The Kier molecular flexibility index (Phi) is 7.92. The molecule has 0 amide bonds. The Balaban J connectivity index is 1.67. The smallest absolute Gasteiger partial charge is 0.341 e. The van der Waals surface area contributed by atoms with Crippen molar-refractivity contribution in [1.29, 1.82) is 0 Å². The van der Waals surface area contributed by atoms with Crippen molar-refractivity contribution >= 4 is 23.5 Å². The highest BCUT2D eigenvalue weighted by Crippen LogP contribution is 2.55. The number of carbonyl (C=O) groups excluding carboxylic acids is 3. The third kappa shape index (κ3) is 4.71.